The van der Waals surface area contributed by atoms with E-state index in [0.717, 1.165) is 12.8 Å². The van der Waals surface area contributed by atoms with Gasteiger partial charge in [0, 0.05) is 20.8 Å². The Morgan fingerprint density at radius 3 is 1.57 bits per heavy atom. The van der Waals surface area contributed by atoms with Crippen LogP contribution in [-0.2, 0) is 27.8 Å². The normalized spacial score (nSPS) is 14.4. The molecule has 0 aliphatic heterocycles. The minimum atomic E-state index is -4.20. The molecule has 9 heteroatoms. The topological polar surface area (TPSA) is 83.5 Å². The first-order chi connectivity index (χ1) is 16.6. The summed E-state index contributed by atoms with van der Waals surface area (Å²) in [7, 11) is 4.64. The van der Waals surface area contributed by atoms with Crippen molar-refractivity contribution >= 4 is 7.82 Å². The van der Waals surface area contributed by atoms with Gasteiger partial charge in [-0.05, 0) is 6.42 Å². The Bertz CT molecular complexity index is 524. The Balaban J connectivity index is 3.83. The zero-order valence-electron chi connectivity index (χ0n) is 23.7. The highest BCUT2D eigenvalue weighted by Gasteiger charge is 2.35. The lowest BCUT2D eigenvalue weighted by molar-refractivity contribution is -0.870. The summed E-state index contributed by atoms with van der Waals surface area (Å²) in [5, 5.41) is 0. The second kappa shape index (κ2) is 20.9. The molecule has 212 valence electrons. The predicted molar refractivity (Wildman–Crippen MR) is 143 cm³/mol. The Kier molecular flexibility index (Phi) is 20.9. The number of phosphoric acid groups is 1. The van der Waals surface area contributed by atoms with E-state index in [0.29, 0.717) is 17.6 Å². The summed E-state index contributed by atoms with van der Waals surface area (Å²) < 4.78 is 39.5. The molecule has 8 nitrogen and oxygen atoms in total. The quantitative estimate of drug-likeness (QED) is 0.0612. The molecule has 0 bridgehead atoms. The van der Waals surface area contributed by atoms with E-state index in [2.05, 4.69) is 6.92 Å². The number of hydrogen-bond acceptors (Lipinski definition) is 6. The van der Waals surface area contributed by atoms with Crippen molar-refractivity contribution in [3.05, 3.63) is 0 Å². The van der Waals surface area contributed by atoms with E-state index in [4.69, 9.17) is 23.3 Å². The van der Waals surface area contributed by atoms with Gasteiger partial charge in [-0.25, -0.2) is 4.57 Å². The van der Waals surface area contributed by atoms with Gasteiger partial charge < -0.3 is 23.6 Å². The van der Waals surface area contributed by atoms with Gasteiger partial charge in [-0.15, -0.1) is 0 Å². The van der Waals surface area contributed by atoms with E-state index in [1.54, 1.807) is 0 Å². The molecule has 0 saturated carbocycles. The molecule has 0 aromatic rings. The zero-order valence-corrected chi connectivity index (χ0v) is 24.6. The Hall–Kier alpha value is -0.0500. The molecular formula is C26H57NO7P+. The van der Waals surface area contributed by atoms with E-state index < -0.39 is 13.6 Å². The van der Waals surface area contributed by atoms with E-state index in [-0.39, 0.29) is 19.8 Å². The van der Waals surface area contributed by atoms with E-state index in [1.165, 1.54) is 91.3 Å². The van der Waals surface area contributed by atoms with Crippen molar-refractivity contribution in [3.63, 3.8) is 0 Å². The van der Waals surface area contributed by atoms with Gasteiger partial charge >= 0.3 is 7.82 Å². The Labute approximate surface area is 216 Å². The summed E-state index contributed by atoms with van der Waals surface area (Å²) >= 11 is 0. The third-order valence-corrected chi connectivity index (χ3v) is 7.14. The van der Waals surface area contributed by atoms with E-state index in [1.807, 2.05) is 21.1 Å². The maximum atomic E-state index is 12.2. The molecule has 0 aliphatic carbocycles. The lowest BCUT2D eigenvalue weighted by Gasteiger charge is -2.30. The average molecular weight is 527 g/mol. The fraction of sp³-hybridized carbons (Fsp3) is 1.00. The lowest BCUT2D eigenvalue weighted by Crippen LogP contribution is -2.43. The summed E-state index contributed by atoms with van der Waals surface area (Å²) in [6.07, 6.45) is 18.4. The molecule has 1 unspecified atom stereocenters. The molecule has 0 aromatic carbocycles. The van der Waals surface area contributed by atoms with Gasteiger partial charge in [0.25, 0.3) is 0 Å². The zero-order chi connectivity index (χ0) is 26.5. The molecule has 1 N–H and O–H groups in total. The maximum Gasteiger partial charge on any atom is 0.472 e. The SMILES string of the molecule is CCCCCCCCCCCCCCCCOCC(COP(=O)(O)OCC[N+](C)(C)C)(OC)OC. The van der Waals surface area contributed by atoms with Crippen molar-refractivity contribution in [2.45, 2.75) is 103 Å². The number of unbranched alkanes of at least 4 members (excludes halogenated alkanes) is 13. The largest absolute Gasteiger partial charge is 0.472 e. The summed E-state index contributed by atoms with van der Waals surface area (Å²) in [6, 6.07) is 0. The van der Waals surface area contributed by atoms with Crippen LogP contribution in [0.2, 0.25) is 0 Å². The number of quaternary nitrogens is 1. The molecule has 0 saturated heterocycles. The smallest absolute Gasteiger partial charge is 0.376 e. The van der Waals surface area contributed by atoms with E-state index >= 15 is 0 Å². The Morgan fingerprint density at radius 2 is 1.14 bits per heavy atom. The molecule has 0 amide bonds. The van der Waals surface area contributed by atoms with Gasteiger partial charge in [0.15, 0.2) is 0 Å². The van der Waals surface area contributed by atoms with Crippen LogP contribution in [0, 0.1) is 0 Å². The number of nitrogens with zero attached hydrogens (tertiary/aromatic N) is 1. The van der Waals surface area contributed by atoms with Crippen LogP contribution in [0.1, 0.15) is 96.8 Å². The van der Waals surface area contributed by atoms with Crippen LogP contribution in [0.25, 0.3) is 0 Å². The van der Waals surface area contributed by atoms with Gasteiger partial charge in [-0.2, -0.15) is 0 Å². The predicted octanol–water partition coefficient (Wildman–Crippen LogP) is 6.31. The van der Waals surface area contributed by atoms with Gasteiger partial charge in [-0.1, -0.05) is 90.4 Å². The molecule has 0 spiro atoms. The average Bonchev–Trinajstić information content (AvgIpc) is 2.80. The molecule has 0 radical (unpaired) electrons. The van der Waals surface area contributed by atoms with Crippen LogP contribution in [0.3, 0.4) is 0 Å². The first-order valence-corrected chi connectivity index (χ1v) is 15.2. The van der Waals surface area contributed by atoms with E-state index in [9.17, 15) is 9.46 Å². The third kappa shape index (κ3) is 21.7. The number of methoxy groups -OCH3 is 2. The second-order valence-electron chi connectivity index (χ2n) is 10.6. The van der Waals surface area contributed by atoms with Crippen molar-refractivity contribution in [3.8, 4) is 0 Å². The molecule has 0 aromatic heterocycles. The van der Waals surface area contributed by atoms with Crippen molar-refractivity contribution in [2.24, 2.45) is 0 Å². The summed E-state index contributed by atoms with van der Waals surface area (Å²) in [5.41, 5.74) is 0. The van der Waals surface area contributed by atoms with Crippen LogP contribution in [0.15, 0.2) is 0 Å². The number of phosphoric ester groups is 1. The fourth-order valence-corrected chi connectivity index (χ4v) is 4.38. The minimum Gasteiger partial charge on any atom is -0.376 e. The summed E-state index contributed by atoms with van der Waals surface area (Å²) in [4.78, 5) is 9.93. The molecule has 0 aliphatic rings. The molecular weight excluding hydrogens is 469 g/mol. The monoisotopic (exact) mass is 526 g/mol. The molecule has 0 heterocycles. The standard InChI is InChI=1S/C26H56NO7P/c1-7-8-9-10-11-12-13-14-15-16-17-18-19-20-22-32-24-26(30-5,31-6)25-34-35(28,29)33-23-21-27(2,3)4/h7-25H2,1-6H3/p+1. The van der Waals surface area contributed by atoms with Crippen molar-refractivity contribution < 1.29 is 37.2 Å². The van der Waals surface area contributed by atoms with Gasteiger partial charge in [0.2, 0.25) is 5.79 Å². The van der Waals surface area contributed by atoms with Crippen molar-refractivity contribution in [1.29, 1.82) is 0 Å². The highest BCUT2D eigenvalue weighted by atomic mass is 31.2. The number of rotatable bonds is 26. The molecule has 0 fully saturated rings. The van der Waals surface area contributed by atoms with Crippen LogP contribution in [-0.4, -0.2) is 83.5 Å². The van der Waals surface area contributed by atoms with Crippen LogP contribution in [0.5, 0.6) is 0 Å². The molecule has 0 rings (SSSR count). The van der Waals surface area contributed by atoms with Crippen LogP contribution in [0.4, 0.5) is 0 Å². The Morgan fingerprint density at radius 1 is 0.686 bits per heavy atom. The second-order valence-corrected chi connectivity index (χ2v) is 12.0. The highest BCUT2D eigenvalue weighted by molar-refractivity contribution is 7.47. The van der Waals surface area contributed by atoms with Gasteiger partial charge in [-0.3, -0.25) is 9.05 Å². The fourth-order valence-electron chi connectivity index (χ4n) is 3.63. The van der Waals surface area contributed by atoms with Gasteiger partial charge in [0.1, 0.15) is 26.4 Å². The molecule has 35 heavy (non-hydrogen) atoms. The van der Waals surface area contributed by atoms with Crippen LogP contribution >= 0.6 is 7.82 Å². The van der Waals surface area contributed by atoms with Crippen molar-refractivity contribution in [1.82, 2.24) is 0 Å². The highest BCUT2D eigenvalue weighted by Crippen LogP contribution is 2.44. The van der Waals surface area contributed by atoms with Crippen molar-refractivity contribution in [2.75, 3.05) is 68.3 Å². The molecule has 1 atom stereocenters. The van der Waals surface area contributed by atoms with Gasteiger partial charge in [0.05, 0.1) is 21.1 Å². The number of ether oxygens (including phenoxy) is 3. The maximum absolute atomic E-state index is 12.2. The summed E-state index contributed by atoms with van der Waals surface area (Å²) in [5.74, 6) is -1.25. The third-order valence-electron chi connectivity index (χ3n) is 6.17. The lowest BCUT2D eigenvalue weighted by atomic mass is 10.0. The number of hydrogen-bond donors (Lipinski definition) is 1. The number of likely N-dealkylation sites (N-methyl/N-ethyl adjacent to an activating group) is 1. The minimum absolute atomic E-state index is 0.108. The van der Waals surface area contributed by atoms with Crippen LogP contribution < -0.4 is 0 Å². The first-order valence-electron chi connectivity index (χ1n) is 13.7. The summed E-state index contributed by atoms with van der Waals surface area (Å²) in [6.45, 7) is 3.38. The first kappa shape index (κ1) is 35.0.